The van der Waals surface area contributed by atoms with E-state index in [-0.39, 0.29) is 0 Å². The SMILES string of the molecule is CC(C)c1ccc(N2CCN(C)CC2)c(O)c1. The topological polar surface area (TPSA) is 26.7 Å². The zero-order chi connectivity index (χ0) is 12.4. The lowest BCUT2D eigenvalue weighted by molar-refractivity contribution is 0.311. The summed E-state index contributed by atoms with van der Waals surface area (Å²) in [5.41, 5.74) is 2.17. The Morgan fingerprint density at radius 2 is 1.76 bits per heavy atom. The third-order valence-electron chi connectivity index (χ3n) is 3.51. The van der Waals surface area contributed by atoms with E-state index in [9.17, 15) is 5.11 Å². The summed E-state index contributed by atoms with van der Waals surface area (Å²) < 4.78 is 0. The Morgan fingerprint density at radius 3 is 2.29 bits per heavy atom. The van der Waals surface area contributed by atoms with Gasteiger partial charge in [0.2, 0.25) is 0 Å². The minimum absolute atomic E-state index is 0.417. The largest absolute Gasteiger partial charge is 0.506 e. The summed E-state index contributed by atoms with van der Waals surface area (Å²) in [7, 11) is 2.14. The zero-order valence-electron chi connectivity index (χ0n) is 11.0. The van der Waals surface area contributed by atoms with Crippen molar-refractivity contribution in [3.63, 3.8) is 0 Å². The summed E-state index contributed by atoms with van der Waals surface area (Å²) in [6, 6.07) is 6.08. The van der Waals surface area contributed by atoms with E-state index in [2.05, 4.69) is 42.8 Å². The molecule has 0 aliphatic carbocycles. The van der Waals surface area contributed by atoms with Crippen LogP contribution in [0.4, 0.5) is 5.69 Å². The fraction of sp³-hybridized carbons (Fsp3) is 0.571. The van der Waals surface area contributed by atoms with Crippen molar-refractivity contribution in [2.75, 3.05) is 38.1 Å². The highest BCUT2D eigenvalue weighted by molar-refractivity contribution is 5.59. The molecule has 3 heteroatoms. The molecular weight excluding hydrogens is 212 g/mol. The Hall–Kier alpha value is -1.22. The van der Waals surface area contributed by atoms with Crippen LogP contribution in [-0.4, -0.2) is 43.2 Å². The molecule has 94 valence electrons. The van der Waals surface area contributed by atoms with E-state index in [0.717, 1.165) is 31.9 Å². The van der Waals surface area contributed by atoms with Crippen LogP contribution >= 0.6 is 0 Å². The van der Waals surface area contributed by atoms with Crippen molar-refractivity contribution in [2.24, 2.45) is 0 Å². The van der Waals surface area contributed by atoms with Gasteiger partial charge in [0.1, 0.15) is 5.75 Å². The van der Waals surface area contributed by atoms with Crippen molar-refractivity contribution < 1.29 is 5.11 Å². The Morgan fingerprint density at radius 1 is 1.12 bits per heavy atom. The Kier molecular flexibility index (Phi) is 3.57. The Labute approximate surface area is 104 Å². The van der Waals surface area contributed by atoms with Gasteiger partial charge in [-0.15, -0.1) is 0 Å². The third kappa shape index (κ3) is 2.72. The van der Waals surface area contributed by atoms with Crippen molar-refractivity contribution in [3.8, 4) is 5.75 Å². The van der Waals surface area contributed by atoms with Gasteiger partial charge in [0.15, 0.2) is 0 Å². The molecule has 1 saturated heterocycles. The van der Waals surface area contributed by atoms with Crippen molar-refractivity contribution in [1.82, 2.24) is 4.90 Å². The lowest BCUT2D eigenvalue weighted by Gasteiger charge is -2.34. The molecule has 0 unspecified atom stereocenters. The Balaban J connectivity index is 2.16. The highest BCUT2D eigenvalue weighted by Gasteiger charge is 2.17. The summed E-state index contributed by atoms with van der Waals surface area (Å²) >= 11 is 0. The van der Waals surface area contributed by atoms with Crippen molar-refractivity contribution >= 4 is 5.69 Å². The minimum Gasteiger partial charge on any atom is -0.506 e. The summed E-state index contributed by atoms with van der Waals surface area (Å²) in [5.74, 6) is 0.878. The number of benzene rings is 1. The van der Waals surface area contributed by atoms with E-state index in [1.165, 1.54) is 5.56 Å². The second-order valence-electron chi connectivity index (χ2n) is 5.19. The maximum atomic E-state index is 10.1. The maximum absolute atomic E-state index is 10.1. The molecule has 0 radical (unpaired) electrons. The number of aromatic hydroxyl groups is 1. The number of piperazine rings is 1. The van der Waals surface area contributed by atoms with Crippen LogP contribution in [0.2, 0.25) is 0 Å². The summed E-state index contributed by atoms with van der Waals surface area (Å²) in [4.78, 5) is 4.58. The molecular formula is C14H22N2O. The highest BCUT2D eigenvalue weighted by atomic mass is 16.3. The van der Waals surface area contributed by atoms with E-state index in [4.69, 9.17) is 0 Å². The smallest absolute Gasteiger partial charge is 0.139 e. The molecule has 1 fully saturated rings. The first kappa shape index (κ1) is 12.2. The van der Waals surface area contributed by atoms with Gasteiger partial charge < -0.3 is 14.9 Å². The first-order valence-electron chi connectivity index (χ1n) is 6.34. The first-order chi connectivity index (χ1) is 8.08. The summed E-state index contributed by atoms with van der Waals surface area (Å²) in [5, 5.41) is 10.1. The molecule has 1 aliphatic rings. The lowest BCUT2D eigenvalue weighted by atomic mass is 10.0. The number of hydrogen-bond donors (Lipinski definition) is 1. The van der Waals surface area contributed by atoms with Crippen LogP contribution in [0.3, 0.4) is 0 Å². The highest BCUT2D eigenvalue weighted by Crippen LogP contribution is 2.31. The molecule has 0 spiro atoms. The van der Waals surface area contributed by atoms with Crippen LogP contribution < -0.4 is 4.90 Å². The van der Waals surface area contributed by atoms with Gasteiger partial charge in [-0.2, -0.15) is 0 Å². The lowest BCUT2D eigenvalue weighted by Crippen LogP contribution is -2.44. The molecule has 1 N–H and O–H groups in total. The monoisotopic (exact) mass is 234 g/mol. The van der Waals surface area contributed by atoms with E-state index >= 15 is 0 Å². The molecule has 1 heterocycles. The maximum Gasteiger partial charge on any atom is 0.139 e. The number of phenolic OH excluding ortho intramolecular Hbond substituents is 1. The predicted molar refractivity (Wildman–Crippen MR) is 71.9 cm³/mol. The molecule has 1 aromatic rings. The zero-order valence-corrected chi connectivity index (χ0v) is 11.0. The molecule has 0 amide bonds. The van der Waals surface area contributed by atoms with E-state index in [0.29, 0.717) is 11.7 Å². The number of anilines is 1. The number of likely N-dealkylation sites (N-methyl/N-ethyl adjacent to an activating group) is 1. The van der Waals surface area contributed by atoms with Gasteiger partial charge in [-0.05, 0) is 30.7 Å². The molecule has 3 nitrogen and oxygen atoms in total. The van der Waals surface area contributed by atoms with Crippen LogP contribution in [-0.2, 0) is 0 Å². The number of nitrogens with zero attached hydrogens (tertiary/aromatic N) is 2. The number of rotatable bonds is 2. The molecule has 17 heavy (non-hydrogen) atoms. The fourth-order valence-electron chi connectivity index (χ4n) is 2.21. The first-order valence-corrected chi connectivity index (χ1v) is 6.34. The molecule has 0 bridgehead atoms. The van der Waals surface area contributed by atoms with Crippen molar-refractivity contribution in [1.29, 1.82) is 0 Å². The van der Waals surface area contributed by atoms with Crippen LogP contribution in [0, 0.1) is 0 Å². The Bertz CT molecular complexity index is 382. The van der Waals surface area contributed by atoms with Crippen LogP contribution in [0.25, 0.3) is 0 Å². The molecule has 2 rings (SSSR count). The molecule has 0 aromatic heterocycles. The molecule has 0 atom stereocenters. The van der Waals surface area contributed by atoms with Gasteiger partial charge in [-0.3, -0.25) is 0 Å². The van der Waals surface area contributed by atoms with Gasteiger partial charge in [-0.1, -0.05) is 19.9 Å². The summed E-state index contributed by atoms with van der Waals surface area (Å²) in [6.07, 6.45) is 0. The predicted octanol–water partition coefficient (Wildman–Crippen LogP) is 2.27. The van der Waals surface area contributed by atoms with E-state index in [1.54, 1.807) is 0 Å². The van der Waals surface area contributed by atoms with Gasteiger partial charge in [0.05, 0.1) is 5.69 Å². The standard InChI is InChI=1S/C14H22N2O/c1-11(2)12-4-5-13(14(17)10-12)16-8-6-15(3)7-9-16/h4-5,10-11,17H,6-9H2,1-3H3. The second kappa shape index (κ2) is 4.96. The third-order valence-corrected chi connectivity index (χ3v) is 3.51. The van der Waals surface area contributed by atoms with Crippen molar-refractivity contribution in [3.05, 3.63) is 23.8 Å². The van der Waals surface area contributed by atoms with Crippen LogP contribution in [0.15, 0.2) is 18.2 Å². The fourth-order valence-corrected chi connectivity index (χ4v) is 2.21. The second-order valence-corrected chi connectivity index (χ2v) is 5.19. The molecule has 0 saturated carbocycles. The number of phenols is 1. The molecule has 1 aliphatic heterocycles. The van der Waals surface area contributed by atoms with Gasteiger partial charge in [0.25, 0.3) is 0 Å². The molecule has 1 aromatic carbocycles. The average Bonchev–Trinajstić information content (AvgIpc) is 2.30. The van der Waals surface area contributed by atoms with E-state index in [1.807, 2.05) is 6.07 Å². The minimum atomic E-state index is 0.417. The average molecular weight is 234 g/mol. The quantitative estimate of drug-likeness (QED) is 0.850. The van der Waals surface area contributed by atoms with Gasteiger partial charge >= 0.3 is 0 Å². The normalized spacial score (nSPS) is 17.8. The van der Waals surface area contributed by atoms with Crippen molar-refractivity contribution in [2.45, 2.75) is 19.8 Å². The number of hydrogen-bond acceptors (Lipinski definition) is 3. The van der Waals surface area contributed by atoms with E-state index < -0.39 is 0 Å². The van der Waals surface area contributed by atoms with Crippen LogP contribution in [0.5, 0.6) is 5.75 Å². The van der Waals surface area contributed by atoms with Crippen LogP contribution in [0.1, 0.15) is 25.3 Å². The van der Waals surface area contributed by atoms with Gasteiger partial charge in [0, 0.05) is 26.2 Å². The van der Waals surface area contributed by atoms with Gasteiger partial charge in [-0.25, -0.2) is 0 Å². The summed E-state index contributed by atoms with van der Waals surface area (Å²) in [6.45, 7) is 8.39.